The SMILES string of the molecule is O=c1ccn([C@@H]2O[C@H](COP(=O)(O)OP(=O)(O)OP(=O)(O)O)[C@@H](CO)[C@H]2O)c(=O)[nH]1. The van der Waals surface area contributed by atoms with Crippen LogP contribution < -0.4 is 11.2 Å². The Morgan fingerprint density at radius 3 is 2.27 bits per heavy atom. The lowest BCUT2D eigenvalue weighted by molar-refractivity contribution is -0.0532. The molecule has 17 nitrogen and oxygen atoms in total. The van der Waals surface area contributed by atoms with Crippen molar-refractivity contribution in [2.75, 3.05) is 13.2 Å². The van der Waals surface area contributed by atoms with Gasteiger partial charge in [0.05, 0.1) is 19.3 Å². The van der Waals surface area contributed by atoms with Crippen LogP contribution in [0.3, 0.4) is 0 Å². The van der Waals surface area contributed by atoms with E-state index in [0.29, 0.717) is 0 Å². The highest BCUT2D eigenvalue weighted by molar-refractivity contribution is 7.66. The van der Waals surface area contributed by atoms with Crippen LogP contribution in [-0.4, -0.2) is 64.8 Å². The van der Waals surface area contributed by atoms with Crippen LogP contribution in [0.5, 0.6) is 0 Å². The van der Waals surface area contributed by atoms with Crippen molar-refractivity contribution in [1.82, 2.24) is 9.55 Å². The van der Waals surface area contributed by atoms with Crippen LogP contribution in [0.25, 0.3) is 0 Å². The number of nitrogens with one attached hydrogen (secondary N) is 1. The molecule has 1 aromatic rings. The monoisotopic (exact) mass is 498 g/mol. The highest BCUT2D eigenvalue weighted by Gasteiger charge is 2.47. The fraction of sp³-hybridized carbons (Fsp3) is 0.600. The van der Waals surface area contributed by atoms with Crippen molar-refractivity contribution in [3.63, 3.8) is 0 Å². The zero-order chi connectivity index (χ0) is 22.9. The molecule has 20 heteroatoms. The molecule has 0 amide bonds. The fourth-order valence-electron chi connectivity index (χ4n) is 2.51. The summed E-state index contributed by atoms with van der Waals surface area (Å²) in [6.07, 6.45) is -3.36. The van der Waals surface area contributed by atoms with Gasteiger partial charge in [0.2, 0.25) is 0 Å². The number of hydrogen-bond acceptors (Lipinski definition) is 11. The van der Waals surface area contributed by atoms with Gasteiger partial charge in [-0.2, -0.15) is 8.62 Å². The number of aromatic amines is 1. The predicted octanol–water partition coefficient (Wildman–Crippen LogP) is -2.25. The molecular formula is C10H17N2O15P3. The van der Waals surface area contributed by atoms with Crippen molar-refractivity contribution in [2.24, 2.45) is 5.92 Å². The van der Waals surface area contributed by atoms with Gasteiger partial charge in [-0.3, -0.25) is 18.9 Å². The van der Waals surface area contributed by atoms with Gasteiger partial charge < -0.3 is 34.5 Å². The molecule has 1 aromatic heterocycles. The van der Waals surface area contributed by atoms with E-state index in [4.69, 9.17) is 19.4 Å². The summed E-state index contributed by atoms with van der Waals surface area (Å²) in [7, 11) is -16.7. The van der Waals surface area contributed by atoms with Crippen LogP contribution in [0.15, 0.2) is 21.9 Å². The Balaban J connectivity index is 2.11. The normalized spacial score (nSPS) is 28.7. The highest BCUT2D eigenvalue weighted by Crippen LogP contribution is 2.66. The van der Waals surface area contributed by atoms with E-state index < -0.39 is 72.3 Å². The smallest absolute Gasteiger partial charge is 0.396 e. The van der Waals surface area contributed by atoms with Gasteiger partial charge in [0.25, 0.3) is 5.56 Å². The van der Waals surface area contributed by atoms with E-state index >= 15 is 0 Å². The standard InChI is InChI=1S/C10H17N2O15P3/c13-3-5-6(4-24-29(20,21)27-30(22,23)26-28(17,18)19)25-9(8(5)15)12-2-1-7(14)11-10(12)16/h1-2,5-6,8-9,13,15H,3-4H2,(H,20,21)(H,22,23)(H,11,14,16)(H2,17,18,19)/t5-,6-,8-,9-/m1/s1. The molecule has 0 aromatic carbocycles. The molecule has 1 aliphatic heterocycles. The second-order valence-electron chi connectivity index (χ2n) is 5.81. The fourth-order valence-corrected chi connectivity index (χ4v) is 5.54. The first-order valence-electron chi connectivity index (χ1n) is 7.68. The highest BCUT2D eigenvalue weighted by atomic mass is 31.3. The van der Waals surface area contributed by atoms with Gasteiger partial charge in [-0.1, -0.05) is 0 Å². The number of nitrogens with zero attached hydrogens (tertiary/aromatic N) is 1. The van der Waals surface area contributed by atoms with Gasteiger partial charge in [0.1, 0.15) is 6.10 Å². The predicted molar refractivity (Wildman–Crippen MR) is 91.6 cm³/mol. The lowest BCUT2D eigenvalue weighted by atomic mass is 9.99. The van der Waals surface area contributed by atoms with Gasteiger partial charge in [-0.25, -0.2) is 18.5 Å². The Morgan fingerprint density at radius 1 is 1.10 bits per heavy atom. The number of aliphatic hydroxyl groups excluding tert-OH is 2. The Bertz CT molecular complexity index is 1010. The molecule has 0 spiro atoms. The summed E-state index contributed by atoms with van der Waals surface area (Å²) in [6.45, 7) is -1.69. The number of aliphatic hydroxyl groups is 2. The minimum Gasteiger partial charge on any atom is -0.396 e. The van der Waals surface area contributed by atoms with Gasteiger partial charge in [-0.15, -0.1) is 0 Å². The molecule has 0 radical (unpaired) electrons. The second kappa shape index (κ2) is 9.22. The minimum absolute atomic E-state index is 0.730. The first-order valence-corrected chi connectivity index (χ1v) is 12.2. The molecule has 6 atom stereocenters. The Hall–Kier alpha value is -1.03. The summed E-state index contributed by atoms with van der Waals surface area (Å²) in [6, 6.07) is 0.949. The molecule has 172 valence electrons. The van der Waals surface area contributed by atoms with Crippen molar-refractivity contribution in [1.29, 1.82) is 0 Å². The van der Waals surface area contributed by atoms with Gasteiger partial charge in [0.15, 0.2) is 6.23 Å². The Labute approximate surface area is 165 Å². The van der Waals surface area contributed by atoms with E-state index in [1.54, 1.807) is 0 Å². The van der Waals surface area contributed by atoms with Crippen LogP contribution in [0.1, 0.15) is 6.23 Å². The summed E-state index contributed by atoms with van der Waals surface area (Å²) in [5, 5.41) is 19.7. The first kappa shape index (κ1) is 25.2. The maximum absolute atomic E-state index is 11.8. The molecule has 1 saturated heterocycles. The van der Waals surface area contributed by atoms with E-state index in [2.05, 4.69) is 13.1 Å². The molecule has 1 fully saturated rings. The third-order valence-electron chi connectivity index (χ3n) is 3.68. The molecule has 0 aliphatic carbocycles. The zero-order valence-electron chi connectivity index (χ0n) is 14.5. The van der Waals surface area contributed by atoms with Gasteiger partial charge >= 0.3 is 29.2 Å². The maximum atomic E-state index is 11.8. The quantitative estimate of drug-likeness (QED) is 0.177. The largest absolute Gasteiger partial charge is 0.490 e. The number of phosphoric acid groups is 3. The Kier molecular flexibility index (Phi) is 7.76. The van der Waals surface area contributed by atoms with Crippen molar-refractivity contribution >= 4 is 23.5 Å². The van der Waals surface area contributed by atoms with Gasteiger partial charge in [-0.05, 0) is 0 Å². The first-order chi connectivity index (χ1) is 13.6. The zero-order valence-corrected chi connectivity index (χ0v) is 17.2. The van der Waals surface area contributed by atoms with E-state index in [-0.39, 0.29) is 0 Å². The van der Waals surface area contributed by atoms with Crippen LogP contribution in [0.2, 0.25) is 0 Å². The lowest BCUT2D eigenvalue weighted by Gasteiger charge is -2.20. The number of ether oxygens (including phenoxy) is 1. The Morgan fingerprint density at radius 2 is 1.73 bits per heavy atom. The minimum atomic E-state index is -5.72. The number of aromatic nitrogens is 2. The van der Waals surface area contributed by atoms with Crippen molar-refractivity contribution in [3.8, 4) is 0 Å². The molecule has 0 saturated carbocycles. The van der Waals surface area contributed by atoms with E-state index in [0.717, 1.165) is 16.8 Å². The van der Waals surface area contributed by atoms with Crippen molar-refractivity contribution in [3.05, 3.63) is 33.1 Å². The van der Waals surface area contributed by atoms with Gasteiger partial charge in [0, 0.05) is 18.2 Å². The third kappa shape index (κ3) is 6.73. The number of hydrogen-bond donors (Lipinski definition) is 7. The number of phosphoric ester groups is 1. The van der Waals surface area contributed by atoms with Crippen LogP contribution in [0, 0.1) is 5.92 Å². The van der Waals surface area contributed by atoms with Crippen LogP contribution in [0.4, 0.5) is 0 Å². The third-order valence-corrected chi connectivity index (χ3v) is 7.48. The lowest BCUT2D eigenvalue weighted by Crippen LogP contribution is -2.36. The number of H-pyrrole nitrogens is 1. The van der Waals surface area contributed by atoms with Crippen LogP contribution >= 0.6 is 23.5 Å². The molecule has 0 bridgehead atoms. The summed E-state index contributed by atoms with van der Waals surface area (Å²) in [5.74, 6) is -1.18. The van der Waals surface area contributed by atoms with E-state index in [1.165, 1.54) is 0 Å². The average molecular weight is 498 g/mol. The average Bonchev–Trinajstić information content (AvgIpc) is 2.85. The van der Waals surface area contributed by atoms with E-state index in [1.807, 2.05) is 4.98 Å². The topological polar surface area (TPSA) is 264 Å². The second-order valence-corrected chi connectivity index (χ2v) is 10.2. The molecule has 1 aliphatic rings. The molecule has 2 heterocycles. The van der Waals surface area contributed by atoms with Crippen LogP contribution in [-0.2, 0) is 31.6 Å². The molecule has 2 unspecified atom stereocenters. The van der Waals surface area contributed by atoms with Crippen molar-refractivity contribution < 1.29 is 61.4 Å². The molecule has 2 rings (SSSR count). The summed E-state index contributed by atoms with van der Waals surface area (Å²) < 4.78 is 51.2. The van der Waals surface area contributed by atoms with Crippen molar-refractivity contribution in [2.45, 2.75) is 18.4 Å². The molecule has 30 heavy (non-hydrogen) atoms. The molecule has 7 N–H and O–H groups in total. The summed E-state index contributed by atoms with van der Waals surface area (Å²) in [5.41, 5.74) is -1.69. The summed E-state index contributed by atoms with van der Waals surface area (Å²) in [4.78, 5) is 60.4. The number of rotatable bonds is 9. The maximum Gasteiger partial charge on any atom is 0.490 e. The van der Waals surface area contributed by atoms with E-state index in [9.17, 15) is 38.4 Å². The summed E-state index contributed by atoms with van der Waals surface area (Å²) >= 11 is 0. The molecular weight excluding hydrogens is 481 g/mol.